The Hall–Kier alpha value is -2.23. The molecule has 9 heteroatoms. The second kappa shape index (κ2) is 8.93. The smallest absolute Gasteiger partial charge is 0.270 e. The fraction of sp³-hybridized carbons (Fsp3) is 0.588. The molecule has 2 heterocycles. The van der Waals surface area contributed by atoms with Gasteiger partial charge in [0.05, 0.1) is 42.6 Å². The Morgan fingerprint density at radius 2 is 1.77 bits per heavy atom. The minimum absolute atomic E-state index is 0.0830. The first-order valence-electron chi connectivity index (χ1n) is 8.84. The third-order valence-electron chi connectivity index (χ3n) is 4.60. The van der Waals surface area contributed by atoms with Crippen LogP contribution in [-0.4, -0.2) is 81.4 Å². The molecule has 1 amide bonds. The molecule has 2 aliphatic heterocycles. The first kappa shape index (κ1) is 18.6. The normalized spacial score (nSPS) is 18.5. The lowest BCUT2D eigenvalue weighted by Crippen LogP contribution is -2.42. The van der Waals surface area contributed by atoms with Crippen LogP contribution in [0.2, 0.25) is 0 Å². The predicted molar refractivity (Wildman–Crippen MR) is 95.7 cm³/mol. The van der Waals surface area contributed by atoms with Gasteiger partial charge in [-0.3, -0.25) is 19.8 Å². The van der Waals surface area contributed by atoms with Gasteiger partial charge in [-0.2, -0.15) is 0 Å². The first-order chi connectivity index (χ1) is 12.6. The zero-order valence-electron chi connectivity index (χ0n) is 14.7. The number of benzene rings is 1. The van der Waals surface area contributed by atoms with Gasteiger partial charge in [0.15, 0.2) is 0 Å². The molecule has 3 rings (SSSR count). The number of carbonyl (C=O) groups is 1. The monoisotopic (exact) mass is 364 g/mol. The molecule has 0 spiro atoms. The second-order valence-electron chi connectivity index (χ2n) is 6.27. The number of hydrogen-bond donors (Lipinski definition) is 1. The van der Waals surface area contributed by atoms with Crippen molar-refractivity contribution in [2.75, 3.05) is 70.6 Å². The molecule has 1 aromatic carbocycles. The van der Waals surface area contributed by atoms with Crippen LogP contribution in [-0.2, 0) is 9.47 Å². The van der Waals surface area contributed by atoms with Gasteiger partial charge < -0.3 is 19.7 Å². The number of rotatable bonds is 6. The zero-order chi connectivity index (χ0) is 18.4. The lowest BCUT2D eigenvalue weighted by molar-refractivity contribution is -0.384. The summed E-state index contributed by atoms with van der Waals surface area (Å²) in [5.41, 5.74) is 0.964. The molecule has 0 bridgehead atoms. The van der Waals surface area contributed by atoms with E-state index in [1.165, 1.54) is 12.1 Å². The van der Waals surface area contributed by atoms with Crippen molar-refractivity contribution in [1.29, 1.82) is 0 Å². The Bertz CT molecular complexity index is 642. The quantitative estimate of drug-likeness (QED) is 0.580. The summed E-state index contributed by atoms with van der Waals surface area (Å²) < 4.78 is 10.7. The third-order valence-corrected chi connectivity index (χ3v) is 4.60. The lowest BCUT2D eigenvalue weighted by Gasteiger charge is -2.30. The molecule has 0 saturated carbocycles. The van der Waals surface area contributed by atoms with Gasteiger partial charge in [-0.25, -0.2) is 0 Å². The SMILES string of the molecule is O=C(NCCN1CCOCC1)c1cc([N+](=O)[O-])ccc1N1CCOCC1. The summed E-state index contributed by atoms with van der Waals surface area (Å²) in [4.78, 5) is 27.6. The highest BCUT2D eigenvalue weighted by Crippen LogP contribution is 2.26. The van der Waals surface area contributed by atoms with Gasteiger partial charge in [-0.05, 0) is 6.07 Å². The second-order valence-corrected chi connectivity index (χ2v) is 6.27. The maximum absolute atomic E-state index is 12.7. The van der Waals surface area contributed by atoms with Crippen molar-refractivity contribution in [2.24, 2.45) is 0 Å². The minimum Gasteiger partial charge on any atom is -0.379 e. The van der Waals surface area contributed by atoms with E-state index < -0.39 is 4.92 Å². The van der Waals surface area contributed by atoms with Crippen molar-refractivity contribution in [3.05, 3.63) is 33.9 Å². The van der Waals surface area contributed by atoms with Crippen molar-refractivity contribution in [3.8, 4) is 0 Å². The van der Waals surface area contributed by atoms with Crippen LogP contribution in [0.15, 0.2) is 18.2 Å². The van der Waals surface area contributed by atoms with Crippen LogP contribution in [0, 0.1) is 10.1 Å². The van der Waals surface area contributed by atoms with E-state index in [-0.39, 0.29) is 11.6 Å². The number of amides is 1. The van der Waals surface area contributed by atoms with Crippen LogP contribution in [0.3, 0.4) is 0 Å². The van der Waals surface area contributed by atoms with Crippen LogP contribution in [0.1, 0.15) is 10.4 Å². The Morgan fingerprint density at radius 3 is 2.42 bits per heavy atom. The molecule has 0 aliphatic carbocycles. The van der Waals surface area contributed by atoms with Crippen molar-refractivity contribution >= 4 is 17.3 Å². The minimum atomic E-state index is -0.479. The van der Waals surface area contributed by atoms with E-state index >= 15 is 0 Å². The predicted octanol–water partition coefficient (Wildman–Crippen LogP) is 0.493. The molecular formula is C17H24N4O5. The number of carbonyl (C=O) groups excluding carboxylic acids is 1. The Labute approximate surface area is 152 Å². The molecule has 1 aromatic rings. The van der Waals surface area contributed by atoms with Crippen molar-refractivity contribution < 1.29 is 19.2 Å². The summed E-state index contributed by atoms with van der Waals surface area (Å²) >= 11 is 0. The summed E-state index contributed by atoms with van der Waals surface area (Å²) in [6, 6.07) is 4.45. The largest absolute Gasteiger partial charge is 0.379 e. The molecule has 0 atom stereocenters. The molecule has 2 fully saturated rings. The van der Waals surface area contributed by atoms with Crippen LogP contribution >= 0.6 is 0 Å². The average Bonchev–Trinajstić information content (AvgIpc) is 2.69. The van der Waals surface area contributed by atoms with Crippen LogP contribution in [0.5, 0.6) is 0 Å². The molecule has 142 valence electrons. The number of ether oxygens (including phenoxy) is 2. The number of anilines is 1. The maximum Gasteiger partial charge on any atom is 0.270 e. The molecule has 2 saturated heterocycles. The van der Waals surface area contributed by atoms with Gasteiger partial charge in [-0.15, -0.1) is 0 Å². The van der Waals surface area contributed by atoms with Crippen LogP contribution in [0.4, 0.5) is 11.4 Å². The molecule has 0 unspecified atom stereocenters. The number of nitrogens with zero attached hydrogens (tertiary/aromatic N) is 3. The summed E-state index contributed by atoms with van der Waals surface area (Å²) in [6.45, 7) is 6.82. The van der Waals surface area contributed by atoms with Gasteiger partial charge in [0.25, 0.3) is 11.6 Å². The number of nitrogens with one attached hydrogen (secondary N) is 1. The van der Waals surface area contributed by atoms with E-state index in [1.807, 2.05) is 4.90 Å². The highest BCUT2D eigenvalue weighted by Gasteiger charge is 2.22. The lowest BCUT2D eigenvalue weighted by atomic mass is 10.1. The molecule has 2 aliphatic rings. The van der Waals surface area contributed by atoms with Crippen molar-refractivity contribution in [1.82, 2.24) is 10.2 Å². The van der Waals surface area contributed by atoms with Crippen LogP contribution < -0.4 is 10.2 Å². The first-order valence-corrected chi connectivity index (χ1v) is 8.84. The number of hydrogen-bond acceptors (Lipinski definition) is 7. The molecule has 9 nitrogen and oxygen atoms in total. The van der Waals surface area contributed by atoms with Gasteiger partial charge in [0, 0.05) is 51.4 Å². The van der Waals surface area contributed by atoms with E-state index in [0.29, 0.717) is 57.3 Å². The maximum atomic E-state index is 12.7. The van der Waals surface area contributed by atoms with E-state index in [4.69, 9.17) is 9.47 Å². The number of morpholine rings is 2. The van der Waals surface area contributed by atoms with Gasteiger partial charge in [0.2, 0.25) is 0 Å². The topological polar surface area (TPSA) is 97.2 Å². The molecule has 0 radical (unpaired) electrons. The molecule has 1 N–H and O–H groups in total. The van der Waals surface area contributed by atoms with E-state index in [1.54, 1.807) is 6.07 Å². The highest BCUT2D eigenvalue weighted by atomic mass is 16.6. The Kier molecular flexibility index (Phi) is 6.37. The van der Waals surface area contributed by atoms with E-state index in [9.17, 15) is 14.9 Å². The van der Waals surface area contributed by atoms with Gasteiger partial charge in [0.1, 0.15) is 0 Å². The van der Waals surface area contributed by atoms with Crippen molar-refractivity contribution in [3.63, 3.8) is 0 Å². The zero-order valence-corrected chi connectivity index (χ0v) is 14.7. The summed E-state index contributed by atoms with van der Waals surface area (Å²) in [6.07, 6.45) is 0. The number of nitro benzene ring substituents is 1. The molecular weight excluding hydrogens is 340 g/mol. The fourth-order valence-corrected chi connectivity index (χ4v) is 3.15. The molecule has 0 aromatic heterocycles. The number of non-ortho nitro benzene ring substituents is 1. The molecule has 26 heavy (non-hydrogen) atoms. The third kappa shape index (κ3) is 4.69. The Morgan fingerprint density at radius 1 is 1.12 bits per heavy atom. The van der Waals surface area contributed by atoms with Crippen molar-refractivity contribution in [2.45, 2.75) is 0 Å². The number of nitro groups is 1. The standard InChI is InChI=1S/C17H24N4O5/c22-17(18-3-4-19-5-9-25-10-6-19)15-13-14(21(23)24)1-2-16(15)20-7-11-26-12-8-20/h1-2,13H,3-12H2,(H,18,22). The van der Waals surface area contributed by atoms with Gasteiger partial charge in [-0.1, -0.05) is 0 Å². The summed E-state index contributed by atoms with van der Waals surface area (Å²) in [5, 5.41) is 14.0. The fourth-order valence-electron chi connectivity index (χ4n) is 3.15. The summed E-state index contributed by atoms with van der Waals surface area (Å²) in [7, 11) is 0. The van der Waals surface area contributed by atoms with E-state index in [2.05, 4.69) is 10.2 Å². The average molecular weight is 364 g/mol. The van der Waals surface area contributed by atoms with E-state index in [0.717, 1.165) is 19.6 Å². The summed E-state index contributed by atoms with van der Waals surface area (Å²) in [5.74, 6) is -0.288. The van der Waals surface area contributed by atoms with Gasteiger partial charge >= 0.3 is 0 Å². The van der Waals surface area contributed by atoms with Crippen LogP contribution in [0.25, 0.3) is 0 Å². The Balaban J connectivity index is 1.69. The highest BCUT2D eigenvalue weighted by molar-refractivity contribution is 6.00.